The van der Waals surface area contributed by atoms with E-state index in [1.54, 1.807) is 0 Å². The summed E-state index contributed by atoms with van der Waals surface area (Å²) >= 11 is 0. The lowest BCUT2D eigenvalue weighted by Crippen LogP contribution is -2.40. The minimum absolute atomic E-state index is 0.692. The van der Waals surface area contributed by atoms with Crippen molar-refractivity contribution in [2.45, 2.75) is 44.2 Å². The fourth-order valence-electron chi connectivity index (χ4n) is 1.94. The zero-order chi connectivity index (χ0) is 9.90. The molecule has 0 bridgehead atoms. The van der Waals surface area contributed by atoms with Gasteiger partial charge in [0.15, 0.2) is 0 Å². The standard InChI is InChI=1S/C11H23SSi/c1-5-11-8-6-7-9-12(11)10-13(2,3)4/h5,11H,1,6-10H2,2-4H3/q+1. The molecule has 1 heterocycles. The van der Waals surface area contributed by atoms with Crippen molar-refractivity contribution in [3.05, 3.63) is 12.7 Å². The summed E-state index contributed by atoms with van der Waals surface area (Å²) in [5.41, 5.74) is 0. The molecule has 1 rings (SSSR count). The van der Waals surface area contributed by atoms with Crippen molar-refractivity contribution in [2.24, 2.45) is 0 Å². The fraction of sp³-hybridized carbons (Fsp3) is 0.818. The van der Waals surface area contributed by atoms with Gasteiger partial charge in [0, 0.05) is 0 Å². The Bertz CT molecular complexity index is 171. The van der Waals surface area contributed by atoms with Crippen LogP contribution in [0, 0.1) is 0 Å². The van der Waals surface area contributed by atoms with E-state index in [0.717, 1.165) is 5.25 Å². The molecule has 2 atom stereocenters. The number of hydrogen-bond donors (Lipinski definition) is 0. The van der Waals surface area contributed by atoms with Crippen LogP contribution in [0.2, 0.25) is 19.6 Å². The van der Waals surface area contributed by atoms with Crippen molar-refractivity contribution in [3.63, 3.8) is 0 Å². The maximum Gasteiger partial charge on any atom is 0.135 e. The molecule has 0 nitrogen and oxygen atoms in total. The average Bonchev–Trinajstić information content (AvgIpc) is 2.02. The van der Waals surface area contributed by atoms with Gasteiger partial charge in [0.1, 0.15) is 19.1 Å². The number of rotatable bonds is 3. The van der Waals surface area contributed by atoms with E-state index in [9.17, 15) is 0 Å². The summed E-state index contributed by atoms with van der Waals surface area (Å²) in [6.07, 6.45) is 6.54. The molecule has 0 aromatic heterocycles. The van der Waals surface area contributed by atoms with Gasteiger partial charge in [0.2, 0.25) is 0 Å². The quantitative estimate of drug-likeness (QED) is 0.385. The van der Waals surface area contributed by atoms with Crippen LogP contribution >= 0.6 is 0 Å². The lowest BCUT2D eigenvalue weighted by Gasteiger charge is -2.25. The molecule has 0 aromatic carbocycles. The van der Waals surface area contributed by atoms with Crippen molar-refractivity contribution >= 4 is 19.0 Å². The van der Waals surface area contributed by atoms with Crippen LogP contribution < -0.4 is 0 Å². The van der Waals surface area contributed by atoms with E-state index in [1.165, 1.54) is 30.4 Å². The summed E-state index contributed by atoms with van der Waals surface area (Å²) in [4.78, 5) is 0. The van der Waals surface area contributed by atoms with E-state index in [1.807, 2.05) is 0 Å². The monoisotopic (exact) mass is 215 g/mol. The second-order valence-electron chi connectivity index (χ2n) is 5.22. The van der Waals surface area contributed by atoms with Crippen LogP contribution in [0.3, 0.4) is 0 Å². The molecular formula is C11H23SSi+. The Morgan fingerprint density at radius 1 is 1.38 bits per heavy atom. The van der Waals surface area contributed by atoms with Gasteiger partial charge in [-0.2, -0.15) is 0 Å². The zero-order valence-electron chi connectivity index (χ0n) is 9.31. The van der Waals surface area contributed by atoms with Gasteiger partial charge in [-0.25, -0.2) is 0 Å². The molecule has 1 aliphatic heterocycles. The molecule has 0 aliphatic carbocycles. The molecule has 0 aromatic rings. The maximum absolute atomic E-state index is 3.99. The molecule has 1 fully saturated rings. The smallest absolute Gasteiger partial charge is 0.0982 e. The molecule has 2 unspecified atom stereocenters. The maximum atomic E-state index is 3.99. The highest BCUT2D eigenvalue weighted by molar-refractivity contribution is 7.99. The number of hydrogen-bond acceptors (Lipinski definition) is 0. The molecule has 0 radical (unpaired) electrons. The second kappa shape index (κ2) is 4.69. The van der Waals surface area contributed by atoms with E-state index in [2.05, 4.69) is 32.3 Å². The predicted molar refractivity (Wildman–Crippen MR) is 68.3 cm³/mol. The van der Waals surface area contributed by atoms with Crippen LogP contribution in [0.15, 0.2) is 12.7 Å². The largest absolute Gasteiger partial charge is 0.135 e. The van der Waals surface area contributed by atoms with Gasteiger partial charge in [-0.05, 0) is 36.2 Å². The highest BCUT2D eigenvalue weighted by Crippen LogP contribution is 2.25. The Morgan fingerprint density at radius 2 is 2.08 bits per heavy atom. The normalized spacial score (nSPS) is 30.1. The van der Waals surface area contributed by atoms with Gasteiger partial charge in [-0.3, -0.25) is 0 Å². The van der Waals surface area contributed by atoms with E-state index in [4.69, 9.17) is 0 Å². The van der Waals surface area contributed by atoms with Gasteiger partial charge in [0.25, 0.3) is 0 Å². The Hall–Kier alpha value is 0.307. The minimum Gasteiger partial charge on any atom is -0.0982 e. The molecule has 0 saturated carbocycles. The molecule has 0 spiro atoms. The average molecular weight is 215 g/mol. The van der Waals surface area contributed by atoms with Crippen molar-refractivity contribution in [2.75, 3.05) is 11.1 Å². The Kier molecular flexibility index (Phi) is 4.11. The third-order valence-electron chi connectivity index (χ3n) is 2.45. The van der Waals surface area contributed by atoms with Crippen LogP contribution in [-0.2, 0) is 10.9 Å². The topological polar surface area (TPSA) is 0 Å². The van der Waals surface area contributed by atoms with Crippen molar-refractivity contribution < 1.29 is 0 Å². The lowest BCUT2D eigenvalue weighted by molar-refractivity contribution is 0.712. The third kappa shape index (κ3) is 3.90. The summed E-state index contributed by atoms with van der Waals surface area (Å²) in [6.45, 7) is 11.5. The summed E-state index contributed by atoms with van der Waals surface area (Å²) in [5, 5.41) is 2.39. The fourth-order valence-corrected chi connectivity index (χ4v) is 9.47. The van der Waals surface area contributed by atoms with Gasteiger partial charge >= 0.3 is 0 Å². The predicted octanol–water partition coefficient (Wildman–Crippen LogP) is 3.22. The van der Waals surface area contributed by atoms with Crippen molar-refractivity contribution in [1.29, 1.82) is 0 Å². The molecule has 0 N–H and O–H groups in total. The molecule has 2 heteroatoms. The molecule has 13 heavy (non-hydrogen) atoms. The Morgan fingerprint density at radius 3 is 2.62 bits per heavy atom. The van der Waals surface area contributed by atoms with Gasteiger partial charge in [0.05, 0.1) is 5.38 Å². The van der Waals surface area contributed by atoms with E-state index in [-0.39, 0.29) is 0 Å². The van der Waals surface area contributed by atoms with Crippen LogP contribution in [-0.4, -0.2) is 24.5 Å². The zero-order valence-corrected chi connectivity index (χ0v) is 11.1. The first-order valence-corrected chi connectivity index (χ1v) is 10.6. The van der Waals surface area contributed by atoms with E-state index < -0.39 is 8.07 Å². The first-order valence-electron chi connectivity index (χ1n) is 5.32. The highest BCUT2D eigenvalue weighted by atomic mass is 32.2. The third-order valence-corrected chi connectivity index (χ3v) is 9.50. The van der Waals surface area contributed by atoms with E-state index in [0.29, 0.717) is 10.9 Å². The van der Waals surface area contributed by atoms with Crippen LogP contribution in [0.4, 0.5) is 0 Å². The van der Waals surface area contributed by atoms with Crippen molar-refractivity contribution in [1.82, 2.24) is 0 Å². The molecular weight excluding hydrogens is 192 g/mol. The van der Waals surface area contributed by atoms with Gasteiger partial charge in [-0.15, -0.1) is 0 Å². The van der Waals surface area contributed by atoms with Crippen LogP contribution in [0.1, 0.15) is 19.3 Å². The summed E-state index contributed by atoms with van der Waals surface area (Å²) in [6, 6.07) is 0. The van der Waals surface area contributed by atoms with Crippen LogP contribution in [0.5, 0.6) is 0 Å². The first kappa shape index (κ1) is 11.4. The van der Waals surface area contributed by atoms with Gasteiger partial charge in [-0.1, -0.05) is 26.2 Å². The molecule has 1 aliphatic rings. The molecule has 76 valence electrons. The summed E-state index contributed by atoms with van der Waals surface area (Å²) < 4.78 is 0. The molecule has 1 saturated heterocycles. The lowest BCUT2D eigenvalue weighted by atomic mass is 10.2. The first-order chi connectivity index (χ1) is 6.03. The van der Waals surface area contributed by atoms with E-state index >= 15 is 0 Å². The molecule has 0 amide bonds. The highest BCUT2D eigenvalue weighted by Gasteiger charge is 2.35. The van der Waals surface area contributed by atoms with Crippen LogP contribution in [0.25, 0.3) is 0 Å². The Labute approximate surface area is 87.2 Å². The summed E-state index contributed by atoms with van der Waals surface area (Å²) in [7, 11) is -0.146. The SMILES string of the molecule is C=CC1CCCC[S+]1C[Si](C)(C)C. The van der Waals surface area contributed by atoms with Crippen molar-refractivity contribution in [3.8, 4) is 0 Å². The summed E-state index contributed by atoms with van der Waals surface area (Å²) in [5.74, 6) is 1.49. The minimum atomic E-state index is -0.838. The van der Waals surface area contributed by atoms with Gasteiger partial charge < -0.3 is 0 Å². The Balaban J connectivity index is 2.50. The second-order valence-corrected chi connectivity index (χ2v) is 13.6.